The summed E-state index contributed by atoms with van der Waals surface area (Å²) >= 11 is 0. The summed E-state index contributed by atoms with van der Waals surface area (Å²) in [6.45, 7) is 0.887. The highest BCUT2D eigenvalue weighted by Crippen LogP contribution is 2.26. The average Bonchev–Trinajstić information content (AvgIpc) is 1.83. The first kappa shape index (κ1) is 9.71. The van der Waals surface area contributed by atoms with Crippen LogP contribution >= 0.6 is 0 Å². The SMILES string of the molecule is C[C@@H]([C@H](N)CN)C(F)(F)F. The minimum absolute atomic E-state index is 0.138. The summed E-state index contributed by atoms with van der Waals surface area (Å²) in [7, 11) is 0. The van der Waals surface area contributed by atoms with E-state index >= 15 is 0 Å². The molecule has 0 aromatic heterocycles. The molecule has 0 aliphatic heterocycles. The van der Waals surface area contributed by atoms with Crippen LogP contribution in [0.25, 0.3) is 0 Å². The van der Waals surface area contributed by atoms with Crippen molar-refractivity contribution in [2.24, 2.45) is 17.4 Å². The zero-order valence-corrected chi connectivity index (χ0v) is 5.65. The largest absolute Gasteiger partial charge is 0.393 e. The van der Waals surface area contributed by atoms with Crippen LogP contribution in [0.15, 0.2) is 0 Å². The standard InChI is InChI=1S/C5H11F3N2/c1-3(4(10)2-9)5(6,7)8/h3-4H,2,9-10H2,1H3/t3-,4+/m0/s1. The molecule has 0 aromatic carbocycles. The number of halogens is 3. The van der Waals surface area contributed by atoms with Crippen LogP contribution in [0.1, 0.15) is 6.92 Å². The molecule has 0 radical (unpaired) electrons. The van der Waals surface area contributed by atoms with Gasteiger partial charge in [0.25, 0.3) is 0 Å². The lowest BCUT2D eigenvalue weighted by molar-refractivity contribution is -0.174. The molecule has 0 rings (SSSR count). The maximum atomic E-state index is 11.8. The Bertz CT molecular complexity index is 102. The molecule has 0 saturated carbocycles. The fraction of sp³-hybridized carbons (Fsp3) is 1.00. The van der Waals surface area contributed by atoms with Gasteiger partial charge < -0.3 is 11.5 Å². The van der Waals surface area contributed by atoms with Gasteiger partial charge in [0.05, 0.1) is 5.92 Å². The topological polar surface area (TPSA) is 52.0 Å². The van der Waals surface area contributed by atoms with Crippen molar-refractivity contribution < 1.29 is 13.2 Å². The predicted octanol–water partition coefficient (Wildman–Crippen LogP) is 0.471. The van der Waals surface area contributed by atoms with Gasteiger partial charge in [0.1, 0.15) is 0 Å². The van der Waals surface area contributed by atoms with E-state index in [4.69, 9.17) is 11.5 Å². The second-order valence-electron chi connectivity index (χ2n) is 2.23. The molecule has 62 valence electrons. The molecular weight excluding hydrogens is 145 g/mol. The highest BCUT2D eigenvalue weighted by molar-refractivity contribution is 4.75. The second kappa shape index (κ2) is 3.21. The van der Waals surface area contributed by atoms with E-state index in [0.29, 0.717) is 0 Å². The predicted molar refractivity (Wildman–Crippen MR) is 32.2 cm³/mol. The van der Waals surface area contributed by atoms with Crippen LogP contribution in [0.5, 0.6) is 0 Å². The van der Waals surface area contributed by atoms with E-state index in [9.17, 15) is 13.2 Å². The van der Waals surface area contributed by atoms with Crippen molar-refractivity contribution >= 4 is 0 Å². The third-order valence-corrected chi connectivity index (χ3v) is 1.43. The molecule has 10 heavy (non-hydrogen) atoms. The van der Waals surface area contributed by atoms with Gasteiger partial charge in [-0.15, -0.1) is 0 Å². The van der Waals surface area contributed by atoms with Crippen molar-refractivity contribution in [3.8, 4) is 0 Å². The molecule has 0 aromatic rings. The van der Waals surface area contributed by atoms with Gasteiger partial charge in [0.2, 0.25) is 0 Å². The van der Waals surface area contributed by atoms with Crippen LogP contribution in [0, 0.1) is 5.92 Å². The van der Waals surface area contributed by atoms with E-state index < -0.39 is 18.1 Å². The number of hydrogen-bond acceptors (Lipinski definition) is 2. The van der Waals surface area contributed by atoms with Crippen LogP contribution < -0.4 is 11.5 Å². The fourth-order valence-electron chi connectivity index (χ4n) is 0.447. The lowest BCUT2D eigenvalue weighted by Gasteiger charge is -2.20. The molecule has 4 N–H and O–H groups in total. The first-order chi connectivity index (χ1) is 4.39. The third-order valence-electron chi connectivity index (χ3n) is 1.43. The summed E-state index contributed by atoms with van der Waals surface area (Å²) in [5.41, 5.74) is 10.0. The summed E-state index contributed by atoms with van der Waals surface area (Å²) in [6, 6.07) is -0.986. The van der Waals surface area contributed by atoms with E-state index in [1.165, 1.54) is 0 Å². The first-order valence-electron chi connectivity index (χ1n) is 2.92. The molecule has 2 atom stereocenters. The molecule has 0 saturated heterocycles. The molecule has 0 amide bonds. The minimum Gasteiger partial charge on any atom is -0.329 e. The van der Waals surface area contributed by atoms with E-state index in [0.717, 1.165) is 6.92 Å². The molecule has 0 fully saturated rings. The molecule has 0 aliphatic rings. The highest BCUT2D eigenvalue weighted by atomic mass is 19.4. The van der Waals surface area contributed by atoms with Gasteiger partial charge in [-0.1, -0.05) is 6.92 Å². The summed E-state index contributed by atoms with van der Waals surface area (Å²) < 4.78 is 35.3. The molecule has 0 heterocycles. The maximum absolute atomic E-state index is 11.8. The Kier molecular flexibility index (Phi) is 3.11. The normalized spacial score (nSPS) is 18.6. The van der Waals surface area contributed by atoms with E-state index in [1.54, 1.807) is 0 Å². The monoisotopic (exact) mass is 156 g/mol. The molecule has 0 unspecified atom stereocenters. The molecule has 5 heteroatoms. The Morgan fingerprint density at radius 3 is 1.90 bits per heavy atom. The zero-order valence-electron chi connectivity index (χ0n) is 5.65. The summed E-state index contributed by atoms with van der Waals surface area (Å²) in [6.07, 6.45) is -4.22. The van der Waals surface area contributed by atoms with Crippen molar-refractivity contribution in [2.75, 3.05) is 6.54 Å². The quantitative estimate of drug-likeness (QED) is 0.610. The van der Waals surface area contributed by atoms with E-state index in [-0.39, 0.29) is 6.54 Å². The number of alkyl halides is 3. The van der Waals surface area contributed by atoms with Gasteiger partial charge in [0, 0.05) is 12.6 Å². The van der Waals surface area contributed by atoms with Crippen LogP contribution in [-0.2, 0) is 0 Å². The third kappa shape index (κ3) is 2.53. The molecule has 0 spiro atoms. The summed E-state index contributed by atoms with van der Waals surface area (Å²) in [5, 5.41) is 0. The molecule has 0 bridgehead atoms. The van der Waals surface area contributed by atoms with Gasteiger partial charge in [0.15, 0.2) is 0 Å². The van der Waals surface area contributed by atoms with E-state index in [2.05, 4.69) is 0 Å². The van der Waals surface area contributed by atoms with Crippen molar-refractivity contribution in [1.82, 2.24) is 0 Å². The Balaban J connectivity index is 3.94. The Labute approximate surface area is 57.4 Å². The number of nitrogens with two attached hydrogens (primary N) is 2. The van der Waals surface area contributed by atoms with Crippen molar-refractivity contribution in [3.05, 3.63) is 0 Å². The van der Waals surface area contributed by atoms with Crippen LogP contribution in [0.3, 0.4) is 0 Å². The Morgan fingerprint density at radius 1 is 1.40 bits per heavy atom. The highest BCUT2D eigenvalue weighted by Gasteiger charge is 2.39. The fourth-order valence-corrected chi connectivity index (χ4v) is 0.447. The van der Waals surface area contributed by atoms with Gasteiger partial charge in [-0.05, 0) is 0 Å². The first-order valence-corrected chi connectivity index (χ1v) is 2.92. The zero-order chi connectivity index (χ0) is 8.36. The minimum atomic E-state index is -4.22. The van der Waals surface area contributed by atoms with Gasteiger partial charge >= 0.3 is 6.18 Å². The molecule has 0 aliphatic carbocycles. The van der Waals surface area contributed by atoms with E-state index in [1.807, 2.05) is 0 Å². The van der Waals surface area contributed by atoms with Gasteiger partial charge in [-0.3, -0.25) is 0 Å². The second-order valence-corrected chi connectivity index (χ2v) is 2.23. The van der Waals surface area contributed by atoms with Gasteiger partial charge in [-0.2, -0.15) is 13.2 Å². The van der Waals surface area contributed by atoms with Crippen molar-refractivity contribution in [2.45, 2.75) is 19.1 Å². The Morgan fingerprint density at radius 2 is 1.80 bits per heavy atom. The lowest BCUT2D eigenvalue weighted by atomic mass is 10.0. The Hall–Kier alpha value is -0.290. The van der Waals surface area contributed by atoms with Crippen molar-refractivity contribution in [3.63, 3.8) is 0 Å². The van der Waals surface area contributed by atoms with Crippen LogP contribution in [0.4, 0.5) is 13.2 Å². The molecular formula is C5H11F3N2. The van der Waals surface area contributed by atoms with Crippen LogP contribution in [-0.4, -0.2) is 18.8 Å². The summed E-state index contributed by atoms with van der Waals surface area (Å²) in [5.74, 6) is -1.52. The number of hydrogen-bond donors (Lipinski definition) is 2. The summed E-state index contributed by atoms with van der Waals surface area (Å²) in [4.78, 5) is 0. The average molecular weight is 156 g/mol. The molecule has 2 nitrogen and oxygen atoms in total. The number of rotatable bonds is 2. The van der Waals surface area contributed by atoms with Crippen molar-refractivity contribution in [1.29, 1.82) is 0 Å². The van der Waals surface area contributed by atoms with Crippen LogP contribution in [0.2, 0.25) is 0 Å². The smallest absolute Gasteiger partial charge is 0.329 e. The van der Waals surface area contributed by atoms with Gasteiger partial charge in [-0.25, -0.2) is 0 Å². The maximum Gasteiger partial charge on any atom is 0.393 e. The lowest BCUT2D eigenvalue weighted by Crippen LogP contribution is -2.42.